The van der Waals surface area contributed by atoms with Crippen molar-refractivity contribution < 1.29 is 14.4 Å². The van der Waals surface area contributed by atoms with E-state index in [-0.39, 0.29) is 18.0 Å². The Hall–Kier alpha value is -2.04. The van der Waals surface area contributed by atoms with Crippen molar-refractivity contribution >= 4 is 11.6 Å². The Bertz CT molecular complexity index is 604. The van der Waals surface area contributed by atoms with Crippen LogP contribution in [0, 0.1) is 0 Å². The molecule has 5 heteroatoms. The quantitative estimate of drug-likeness (QED) is 0.861. The second-order valence-electron chi connectivity index (χ2n) is 6.41. The fourth-order valence-corrected chi connectivity index (χ4v) is 3.57. The van der Waals surface area contributed by atoms with E-state index in [2.05, 4.69) is 19.0 Å². The number of methoxy groups -OCH3 is 1. The van der Waals surface area contributed by atoms with E-state index in [1.165, 1.54) is 6.42 Å². The van der Waals surface area contributed by atoms with Crippen molar-refractivity contribution in [1.29, 1.82) is 0 Å². The zero-order valence-electron chi connectivity index (χ0n) is 14.0. The van der Waals surface area contributed by atoms with Gasteiger partial charge in [0.15, 0.2) is 0 Å². The van der Waals surface area contributed by atoms with Gasteiger partial charge < -0.3 is 14.5 Å². The highest BCUT2D eigenvalue weighted by Gasteiger charge is 2.38. The lowest BCUT2D eigenvalue weighted by Gasteiger charge is -2.39. The molecule has 124 valence electrons. The van der Waals surface area contributed by atoms with Gasteiger partial charge in [-0.15, -0.1) is 0 Å². The first-order valence-corrected chi connectivity index (χ1v) is 8.30. The standard InChI is InChI=1S/C18H24N2O3/c1-12-7-6-8-13(2)20(12)18(21)17-11-15(19-23-17)14-9-4-5-10-16(14)22-3/h4-5,9-10,12-13,17H,6-8,11H2,1-3H3/t12-,13-,17+/m1/s1. The number of oxime groups is 1. The third kappa shape index (κ3) is 3.05. The fourth-order valence-electron chi connectivity index (χ4n) is 3.57. The van der Waals surface area contributed by atoms with E-state index < -0.39 is 6.10 Å². The van der Waals surface area contributed by atoms with Gasteiger partial charge in [-0.3, -0.25) is 4.79 Å². The normalized spacial score (nSPS) is 27.3. The molecule has 0 unspecified atom stereocenters. The smallest absolute Gasteiger partial charge is 0.267 e. The van der Waals surface area contributed by atoms with Crippen LogP contribution in [-0.2, 0) is 9.63 Å². The number of para-hydroxylation sites is 1. The molecule has 2 heterocycles. The summed E-state index contributed by atoms with van der Waals surface area (Å²) in [4.78, 5) is 20.3. The maximum atomic E-state index is 12.8. The van der Waals surface area contributed by atoms with Crippen LogP contribution >= 0.6 is 0 Å². The summed E-state index contributed by atoms with van der Waals surface area (Å²) in [6.45, 7) is 4.23. The number of piperidine rings is 1. The lowest BCUT2D eigenvalue weighted by molar-refractivity contribution is -0.148. The molecule has 0 spiro atoms. The number of hydrogen-bond acceptors (Lipinski definition) is 4. The third-order valence-corrected chi connectivity index (χ3v) is 4.81. The van der Waals surface area contributed by atoms with E-state index in [9.17, 15) is 4.79 Å². The van der Waals surface area contributed by atoms with E-state index in [1.807, 2.05) is 29.2 Å². The minimum absolute atomic E-state index is 0.0540. The van der Waals surface area contributed by atoms with Crippen molar-refractivity contribution in [3.63, 3.8) is 0 Å². The summed E-state index contributed by atoms with van der Waals surface area (Å²) in [7, 11) is 1.63. The monoisotopic (exact) mass is 316 g/mol. The first kappa shape index (κ1) is 15.8. The number of ether oxygens (including phenoxy) is 1. The second kappa shape index (κ2) is 6.60. The summed E-state index contributed by atoms with van der Waals surface area (Å²) in [5.41, 5.74) is 1.67. The van der Waals surface area contributed by atoms with Crippen LogP contribution in [-0.4, -0.2) is 41.8 Å². The van der Waals surface area contributed by atoms with Crippen molar-refractivity contribution in [1.82, 2.24) is 4.90 Å². The molecular formula is C18H24N2O3. The van der Waals surface area contributed by atoms with Crippen LogP contribution in [0.4, 0.5) is 0 Å². The van der Waals surface area contributed by atoms with E-state index >= 15 is 0 Å². The predicted octanol–water partition coefficient (Wildman–Crippen LogP) is 2.98. The molecule has 1 saturated heterocycles. The van der Waals surface area contributed by atoms with Gasteiger partial charge in [0.1, 0.15) is 5.75 Å². The molecule has 1 aromatic rings. The van der Waals surface area contributed by atoms with Crippen LogP contribution in [0.1, 0.15) is 45.1 Å². The second-order valence-corrected chi connectivity index (χ2v) is 6.41. The van der Waals surface area contributed by atoms with Gasteiger partial charge in [-0.25, -0.2) is 0 Å². The Morgan fingerprint density at radius 3 is 2.65 bits per heavy atom. The highest BCUT2D eigenvalue weighted by Crippen LogP contribution is 2.28. The van der Waals surface area contributed by atoms with Gasteiger partial charge in [0, 0.05) is 24.1 Å². The molecule has 0 aliphatic carbocycles. The SMILES string of the molecule is COc1ccccc1C1=NO[C@H](C(=O)N2[C@H](C)CCC[C@H]2C)C1. The molecule has 1 aromatic carbocycles. The fraction of sp³-hybridized carbons (Fsp3) is 0.556. The van der Waals surface area contributed by atoms with E-state index in [1.54, 1.807) is 7.11 Å². The average Bonchev–Trinajstić information content (AvgIpc) is 3.04. The van der Waals surface area contributed by atoms with E-state index in [4.69, 9.17) is 9.57 Å². The largest absolute Gasteiger partial charge is 0.496 e. The number of rotatable bonds is 3. The summed E-state index contributed by atoms with van der Waals surface area (Å²) < 4.78 is 5.37. The zero-order chi connectivity index (χ0) is 16.4. The summed E-state index contributed by atoms with van der Waals surface area (Å²) in [6.07, 6.45) is 3.28. The molecular weight excluding hydrogens is 292 g/mol. The first-order chi connectivity index (χ1) is 11.1. The molecule has 0 bridgehead atoms. The number of nitrogens with zero attached hydrogens (tertiary/aromatic N) is 2. The molecule has 2 aliphatic heterocycles. The number of carbonyl (C=O) groups is 1. The maximum Gasteiger partial charge on any atom is 0.267 e. The van der Waals surface area contributed by atoms with Crippen molar-refractivity contribution in [3.8, 4) is 5.75 Å². The van der Waals surface area contributed by atoms with E-state index in [0.29, 0.717) is 6.42 Å². The number of likely N-dealkylation sites (tertiary alicyclic amines) is 1. The minimum Gasteiger partial charge on any atom is -0.496 e. The Morgan fingerprint density at radius 1 is 1.26 bits per heavy atom. The van der Waals surface area contributed by atoms with Crippen molar-refractivity contribution in [2.24, 2.45) is 5.16 Å². The predicted molar refractivity (Wildman–Crippen MR) is 88.6 cm³/mol. The number of carbonyl (C=O) groups excluding carboxylic acids is 1. The van der Waals surface area contributed by atoms with Gasteiger partial charge in [-0.1, -0.05) is 17.3 Å². The van der Waals surface area contributed by atoms with Crippen LogP contribution in [0.2, 0.25) is 0 Å². The van der Waals surface area contributed by atoms with Gasteiger partial charge in [0.2, 0.25) is 6.10 Å². The van der Waals surface area contributed by atoms with Crippen LogP contribution in [0.25, 0.3) is 0 Å². The molecule has 3 atom stereocenters. The Balaban J connectivity index is 1.72. The molecule has 0 aromatic heterocycles. The molecule has 1 fully saturated rings. The summed E-state index contributed by atoms with van der Waals surface area (Å²) in [5, 5.41) is 4.15. The first-order valence-electron chi connectivity index (χ1n) is 8.30. The number of benzene rings is 1. The van der Waals surface area contributed by atoms with Gasteiger partial charge in [0.25, 0.3) is 5.91 Å². The molecule has 2 aliphatic rings. The molecule has 3 rings (SSSR count). The summed E-state index contributed by atoms with van der Waals surface area (Å²) >= 11 is 0. The minimum atomic E-state index is -0.516. The van der Waals surface area contributed by atoms with Gasteiger partial charge in [0.05, 0.1) is 12.8 Å². The molecule has 0 N–H and O–H groups in total. The van der Waals surface area contributed by atoms with Crippen LogP contribution in [0.5, 0.6) is 5.75 Å². The Morgan fingerprint density at radius 2 is 1.96 bits per heavy atom. The maximum absolute atomic E-state index is 12.8. The number of hydrogen-bond donors (Lipinski definition) is 0. The summed E-state index contributed by atoms with van der Waals surface area (Å²) in [6, 6.07) is 8.22. The lowest BCUT2D eigenvalue weighted by atomic mass is 9.95. The van der Waals surface area contributed by atoms with Crippen molar-refractivity contribution in [3.05, 3.63) is 29.8 Å². The zero-order valence-corrected chi connectivity index (χ0v) is 14.0. The number of amides is 1. The van der Waals surface area contributed by atoms with Gasteiger partial charge >= 0.3 is 0 Å². The summed E-state index contributed by atoms with van der Waals surface area (Å²) in [5.74, 6) is 0.806. The molecule has 5 nitrogen and oxygen atoms in total. The third-order valence-electron chi connectivity index (χ3n) is 4.81. The van der Waals surface area contributed by atoms with Crippen LogP contribution < -0.4 is 4.74 Å². The highest BCUT2D eigenvalue weighted by molar-refractivity contribution is 6.06. The topological polar surface area (TPSA) is 51.1 Å². The van der Waals surface area contributed by atoms with E-state index in [0.717, 1.165) is 29.9 Å². The van der Waals surface area contributed by atoms with Gasteiger partial charge in [-0.2, -0.15) is 0 Å². The van der Waals surface area contributed by atoms with Crippen LogP contribution in [0.3, 0.4) is 0 Å². The van der Waals surface area contributed by atoms with Crippen molar-refractivity contribution in [2.75, 3.05) is 7.11 Å². The Kier molecular flexibility index (Phi) is 4.55. The highest BCUT2D eigenvalue weighted by atomic mass is 16.6. The van der Waals surface area contributed by atoms with Crippen molar-refractivity contribution in [2.45, 2.75) is 57.7 Å². The average molecular weight is 316 g/mol. The van der Waals surface area contributed by atoms with Crippen LogP contribution in [0.15, 0.2) is 29.4 Å². The lowest BCUT2D eigenvalue weighted by Crippen LogP contribution is -2.51. The molecule has 0 saturated carbocycles. The Labute approximate surface area is 137 Å². The molecule has 23 heavy (non-hydrogen) atoms. The molecule has 1 amide bonds. The molecule has 0 radical (unpaired) electrons. The van der Waals surface area contributed by atoms with Gasteiger partial charge in [-0.05, 0) is 45.2 Å².